The van der Waals surface area contributed by atoms with Crippen LogP contribution in [-0.4, -0.2) is 22.3 Å². The molecule has 2 rings (SSSR count). The molecule has 0 heterocycles. The molecule has 1 aromatic carbocycles. The van der Waals surface area contributed by atoms with Gasteiger partial charge >= 0.3 is 5.97 Å². The SMILES string of the molecule is O=C(O)[C@H](c1ccccc1)[C@@H]1CCCC[C@@H]1O. The second-order valence-corrected chi connectivity index (χ2v) is 4.74. The van der Waals surface area contributed by atoms with Crippen LogP contribution in [0.4, 0.5) is 0 Å². The fourth-order valence-corrected chi connectivity index (χ4v) is 2.76. The Hall–Kier alpha value is -1.35. The number of aliphatic hydroxyl groups excluding tert-OH is 1. The minimum Gasteiger partial charge on any atom is -0.481 e. The molecule has 3 nitrogen and oxygen atoms in total. The third-order valence-electron chi connectivity index (χ3n) is 3.63. The van der Waals surface area contributed by atoms with Gasteiger partial charge in [-0.1, -0.05) is 43.2 Å². The van der Waals surface area contributed by atoms with Crippen molar-refractivity contribution in [3.63, 3.8) is 0 Å². The van der Waals surface area contributed by atoms with E-state index in [0.717, 1.165) is 31.2 Å². The van der Waals surface area contributed by atoms with Gasteiger partial charge in [0.05, 0.1) is 12.0 Å². The molecular weight excluding hydrogens is 216 g/mol. The highest BCUT2D eigenvalue weighted by Gasteiger charge is 2.35. The molecule has 3 atom stereocenters. The summed E-state index contributed by atoms with van der Waals surface area (Å²) < 4.78 is 0. The summed E-state index contributed by atoms with van der Waals surface area (Å²) in [6, 6.07) is 9.24. The third kappa shape index (κ3) is 2.67. The molecule has 1 aliphatic carbocycles. The Bertz CT molecular complexity index is 374. The van der Waals surface area contributed by atoms with Crippen molar-refractivity contribution in [1.82, 2.24) is 0 Å². The van der Waals surface area contributed by atoms with Gasteiger partial charge in [-0.25, -0.2) is 0 Å². The first-order chi connectivity index (χ1) is 8.20. The molecule has 0 aliphatic heterocycles. The molecule has 92 valence electrons. The summed E-state index contributed by atoms with van der Waals surface area (Å²) in [7, 11) is 0. The van der Waals surface area contributed by atoms with Crippen molar-refractivity contribution < 1.29 is 15.0 Å². The molecular formula is C14H18O3. The number of benzene rings is 1. The van der Waals surface area contributed by atoms with Crippen molar-refractivity contribution in [1.29, 1.82) is 0 Å². The zero-order valence-electron chi connectivity index (χ0n) is 9.75. The lowest BCUT2D eigenvalue weighted by Gasteiger charge is -2.32. The number of rotatable bonds is 3. The van der Waals surface area contributed by atoms with Crippen LogP contribution in [0.3, 0.4) is 0 Å². The Kier molecular flexibility index (Phi) is 3.79. The van der Waals surface area contributed by atoms with Crippen LogP contribution < -0.4 is 0 Å². The number of carbonyl (C=O) groups is 1. The van der Waals surface area contributed by atoms with Crippen molar-refractivity contribution in [3.05, 3.63) is 35.9 Å². The quantitative estimate of drug-likeness (QED) is 0.844. The zero-order valence-corrected chi connectivity index (χ0v) is 9.75. The van der Waals surface area contributed by atoms with Gasteiger partial charge in [0, 0.05) is 5.92 Å². The van der Waals surface area contributed by atoms with Gasteiger partial charge in [0.15, 0.2) is 0 Å². The normalized spacial score (nSPS) is 26.4. The molecule has 0 radical (unpaired) electrons. The van der Waals surface area contributed by atoms with Gasteiger partial charge in [0.2, 0.25) is 0 Å². The van der Waals surface area contributed by atoms with E-state index < -0.39 is 18.0 Å². The van der Waals surface area contributed by atoms with Gasteiger partial charge in [-0.05, 0) is 18.4 Å². The molecule has 2 N–H and O–H groups in total. The lowest BCUT2D eigenvalue weighted by atomic mass is 9.75. The fraction of sp³-hybridized carbons (Fsp3) is 0.500. The van der Waals surface area contributed by atoms with Crippen molar-refractivity contribution in [3.8, 4) is 0 Å². The van der Waals surface area contributed by atoms with E-state index in [9.17, 15) is 15.0 Å². The molecule has 3 heteroatoms. The average Bonchev–Trinajstić information content (AvgIpc) is 2.33. The highest BCUT2D eigenvalue weighted by molar-refractivity contribution is 5.76. The first-order valence-electron chi connectivity index (χ1n) is 6.16. The smallest absolute Gasteiger partial charge is 0.311 e. The van der Waals surface area contributed by atoms with E-state index in [1.165, 1.54) is 0 Å². The van der Waals surface area contributed by atoms with E-state index in [1.807, 2.05) is 30.3 Å². The number of aliphatic carboxylic acids is 1. The summed E-state index contributed by atoms with van der Waals surface area (Å²) in [4.78, 5) is 11.4. The zero-order chi connectivity index (χ0) is 12.3. The molecule has 0 amide bonds. The predicted molar refractivity (Wildman–Crippen MR) is 64.8 cm³/mol. The minimum atomic E-state index is -0.831. The van der Waals surface area contributed by atoms with Crippen molar-refractivity contribution >= 4 is 5.97 Å². The van der Waals surface area contributed by atoms with Crippen LogP contribution in [0, 0.1) is 5.92 Å². The summed E-state index contributed by atoms with van der Waals surface area (Å²) in [6.45, 7) is 0. The predicted octanol–water partition coefficient (Wildman–Crippen LogP) is 2.41. The number of hydrogen-bond donors (Lipinski definition) is 2. The van der Waals surface area contributed by atoms with E-state index in [-0.39, 0.29) is 5.92 Å². The topological polar surface area (TPSA) is 57.5 Å². The summed E-state index contributed by atoms with van der Waals surface area (Å²) in [5.74, 6) is -1.56. The average molecular weight is 234 g/mol. The Morgan fingerprint density at radius 2 is 1.82 bits per heavy atom. The highest BCUT2D eigenvalue weighted by Crippen LogP contribution is 2.36. The minimum absolute atomic E-state index is 0.149. The lowest BCUT2D eigenvalue weighted by molar-refractivity contribution is -0.142. The second-order valence-electron chi connectivity index (χ2n) is 4.74. The number of carboxylic acids is 1. The van der Waals surface area contributed by atoms with Crippen molar-refractivity contribution in [2.45, 2.75) is 37.7 Å². The maximum atomic E-state index is 11.4. The van der Waals surface area contributed by atoms with E-state index >= 15 is 0 Å². The van der Waals surface area contributed by atoms with Crippen LogP contribution >= 0.6 is 0 Å². The van der Waals surface area contributed by atoms with Crippen LogP contribution in [0.5, 0.6) is 0 Å². The monoisotopic (exact) mass is 234 g/mol. The summed E-state index contributed by atoms with van der Waals surface area (Å²) >= 11 is 0. The second kappa shape index (κ2) is 5.32. The van der Waals surface area contributed by atoms with Crippen LogP contribution in [0.25, 0.3) is 0 Å². The first kappa shape index (κ1) is 12.1. The molecule has 0 bridgehead atoms. The van der Waals surface area contributed by atoms with E-state index in [1.54, 1.807) is 0 Å². The maximum absolute atomic E-state index is 11.4. The number of hydrogen-bond acceptors (Lipinski definition) is 2. The molecule has 1 aromatic rings. The van der Waals surface area contributed by atoms with Gasteiger partial charge in [-0.2, -0.15) is 0 Å². The number of carboxylic acid groups (broad SMARTS) is 1. The first-order valence-corrected chi connectivity index (χ1v) is 6.16. The Labute approximate surface area is 101 Å². The van der Waals surface area contributed by atoms with Gasteiger partial charge in [-0.15, -0.1) is 0 Å². The van der Waals surface area contributed by atoms with Gasteiger partial charge < -0.3 is 10.2 Å². The summed E-state index contributed by atoms with van der Waals surface area (Å²) in [6.07, 6.45) is 3.05. The number of aliphatic hydroxyl groups is 1. The van der Waals surface area contributed by atoms with E-state index in [2.05, 4.69) is 0 Å². The summed E-state index contributed by atoms with van der Waals surface area (Å²) in [5.41, 5.74) is 0.797. The largest absolute Gasteiger partial charge is 0.481 e. The standard InChI is InChI=1S/C14H18O3/c15-12-9-5-4-8-11(12)13(14(16)17)10-6-2-1-3-7-10/h1-3,6-7,11-13,15H,4-5,8-9H2,(H,16,17)/t11-,12+,13-/m1/s1. The summed E-state index contributed by atoms with van der Waals surface area (Å²) in [5, 5.41) is 19.4. The molecule has 17 heavy (non-hydrogen) atoms. The molecule has 1 fully saturated rings. The molecule has 1 aliphatic rings. The van der Waals surface area contributed by atoms with Gasteiger partial charge in [0.1, 0.15) is 0 Å². The third-order valence-corrected chi connectivity index (χ3v) is 3.63. The molecule has 0 spiro atoms. The molecule has 1 saturated carbocycles. The Morgan fingerprint density at radius 1 is 1.18 bits per heavy atom. The molecule has 0 aromatic heterocycles. The van der Waals surface area contributed by atoms with Gasteiger partial charge in [0.25, 0.3) is 0 Å². The highest BCUT2D eigenvalue weighted by atomic mass is 16.4. The van der Waals surface area contributed by atoms with Gasteiger partial charge in [-0.3, -0.25) is 4.79 Å². The van der Waals surface area contributed by atoms with E-state index in [4.69, 9.17) is 0 Å². The molecule has 0 saturated heterocycles. The van der Waals surface area contributed by atoms with Crippen molar-refractivity contribution in [2.24, 2.45) is 5.92 Å². The Balaban J connectivity index is 2.26. The van der Waals surface area contributed by atoms with Crippen LogP contribution in [0.2, 0.25) is 0 Å². The van der Waals surface area contributed by atoms with Crippen LogP contribution in [-0.2, 0) is 4.79 Å². The Morgan fingerprint density at radius 3 is 2.41 bits per heavy atom. The molecule has 0 unspecified atom stereocenters. The van der Waals surface area contributed by atoms with E-state index in [0.29, 0.717) is 0 Å². The lowest BCUT2D eigenvalue weighted by Crippen LogP contribution is -2.33. The van der Waals surface area contributed by atoms with Crippen LogP contribution in [0.1, 0.15) is 37.2 Å². The van der Waals surface area contributed by atoms with Crippen molar-refractivity contribution in [2.75, 3.05) is 0 Å². The fourth-order valence-electron chi connectivity index (χ4n) is 2.76. The maximum Gasteiger partial charge on any atom is 0.311 e. The van der Waals surface area contributed by atoms with Crippen LogP contribution in [0.15, 0.2) is 30.3 Å².